The second kappa shape index (κ2) is 9.93. The van der Waals surface area contributed by atoms with Gasteiger partial charge in [0, 0.05) is 11.6 Å². The lowest BCUT2D eigenvalue weighted by molar-refractivity contribution is 0.942. The van der Waals surface area contributed by atoms with E-state index in [1.807, 2.05) is 52.0 Å². The number of nitrogens with zero attached hydrogens (tertiary/aromatic N) is 1. The molecule has 0 heterocycles. The maximum Gasteiger partial charge on any atom is 0.0629 e. The quantitative estimate of drug-likeness (QED) is 0.435. The molecule has 0 fully saturated rings. The van der Waals surface area contributed by atoms with Crippen molar-refractivity contribution in [2.45, 2.75) is 41.5 Å². The summed E-state index contributed by atoms with van der Waals surface area (Å²) in [5, 5.41) is 0. The van der Waals surface area contributed by atoms with Crippen LogP contribution >= 0.6 is 0 Å². The van der Waals surface area contributed by atoms with Crippen molar-refractivity contribution in [3.8, 4) is 0 Å². The van der Waals surface area contributed by atoms with Crippen LogP contribution in [0.1, 0.15) is 40.2 Å². The summed E-state index contributed by atoms with van der Waals surface area (Å²) in [6.07, 6.45) is 4.00. The maximum absolute atomic E-state index is 4.65. The lowest BCUT2D eigenvalue weighted by Gasteiger charge is -2.11. The molecule has 0 saturated carbocycles. The molecule has 114 valence electrons. The van der Waals surface area contributed by atoms with Gasteiger partial charge < -0.3 is 0 Å². The van der Waals surface area contributed by atoms with E-state index in [0.717, 1.165) is 22.5 Å². The Kier molecular flexibility index (Phi) is 9.03. The molecule has 0 aromatic heterocycles. The van der Waals surface area contributed by atoms with Crippen molar-refractivity contribution in [3.05, 3.63) is 66.3 Å². The van der Waals surface area contributed by atoms with Gasteiger partial charge in [-0.25, -0.2) is 0 Å². The summed E-state index contributed by atoms with van der Waals surface area (Å²) < 4.78 is 0. The van der Waals surface area contributed by atoms with Gasteiger partial charge in [0.15, 0.2) is 0 Å². The normalized spacial score (nSPS) is 12.6. The molecular formula is C20H29N. The molecule has 1 heteroatoms. The summed E-state index contributed by atoms with van der Waals surface area (Å²) in [4.78, 5) is 4.65. The van der Waals surface area contributed by atoms with Crippen LogP contribution in [-0.2, 0) is 0 Å². The zero-order valence-electron chi connectivity index (χ0n) is 14.4. The Bertz CT molecular complexity index is 515. The highest BCUT2D eigenvalue weighted by atomic mass is 14.7. The summed E-state index contributed by atoms with van der Waals surface area (Å²) in [5.74, 6) is 0.233. The van der Waals surface area contributed by atoms with Crippen LogP contribution in [0.25, 0.3) is 0 Å². The number of hydrogen-bond acceptors (Lipinski definition) is 1. The van der Waals surface area contributed by atoms with Gasteiger partial charge in [0.05, 0.1) is 5.69 Å². The van der Waals surface area contributed by atoms with Crippen LogP contribution in [0.4, 0.5) is 5.69 Å². The van der Waals surface area contributed by atoms with Crippen LogP contribution < -0.4 is 0 Å². The first-order valence-corrected chi connectivity index (χ1v) is 7.54. The molecule has 0 radical (unpaired) electrons. The topological polar surface area (TPSA) is 12.4 Å². The third-order valence-corrected chi connectivity index (χ3v) is 3.10. The Morgan fingerprint density at radius 1 is 1.05 bits per heavy atom. The number of aliphatic imine (C=N–C) groups is 1. The highest BCUT2D eigenvalue weighted by Crippen LogP contribution is 2.18. The summed E-state index contributed by atoms with van der Waals surface area (Å²) in [7, 11) is 0. The van der Waals surface area contributed by atoms with Gasteiger partial charge in [-0.3, -0.25) is 4.99 Å². The smallest absolute Gasteiger partial charge is 0.0629 e. The van der Waals surface area contributed by atoms with E-state index in [2.05, 4.69) is 44.1 Å². The zero-order chi connectivity index (χ0) is 16.4. The van der Waals surface area contributed by atoms with E-state index < -0.39 is 0 Å². The molecule has 0 bridgehead atoms. The Morgan fingerprint density at radius 3 is 2.05 bits per heavy atom. The summed E-state index contributed by atoms with van der Waals surface area (Å²) in [5.41, 5.74) is 5.39. The first-order valence-electron chi connectivity index (χ1n) is 7.54. The van der Waals surface area contributed by atoms with Gasteiger partial charge in [-0.05, 0) is 38.5 Å². The van der Waals surface area contributed by atoms with Gasteiger partial charge in [-0.2, -0.15) is 0 Å². The van der Waals surface area contributed by atoms with Gasteiger partial charge in [0.2, 0.25) is 0 Å². The minimum atomic E-state index is 0.233. The Hall–Kier alpha value is -1.89. The highest BCUT2D eigenvalue weighted by molar-refractivity contribution is 5.89. The Labute approximate surface area is 130 Å². The third-order valence-electron chi connectivity index (χ3n) is 3.10. The van der Waals surface area contributed by atoms with Crippen molar-refractivity contribution in [3.63, 3.8) is 0 Å². The number of hydrogen-bond donors (Lipinski definition) is 0. The van der Waals surface area contributed by atoms with Gasteiger partial charge >= 0.3 is 0 Å². The molecule has 1 rings (SSSR count). The van der Waals surface area contributed by atoms with Gasteiger partial charge in [0.1, 0.15) is 0 Å². The van der Waals surface area contributed by atoms with E-state index in [-0.39, 0.29) is 5.92 Å². The van der Waals surface area contributed by atoms with E-state index in [0.29, 0.717) is 0 Å². The van der Waals surface area contributed by atoms with Crippen LogP contribution in [0.3, 0.4) is 0 Å². The maximum atomic E-state index is 4.65. The molecule has 1 atom stereocenters. The van der Waals surface area contributed by atoms with E-state index in [4.69, 9.17) is 0 Å². The van der Waals surface area contributed by atoms with Gasteiger partial charge in [-0.1, -0.05) is 69.4 Å². The lowest BCUT2D eigenvalue weighted by Crippen LogP contribution is -2.07. The van der Waals surface area contributed by atoms with Crippen molar-refractivity contribution in [2.24, 2.45) is 10.9 Å². The predicted molar refractivity (Wildman–Crippen MR) is 97.6 cm³/mol. The highest BCUT2D eigenvalue weighted by Gasteiger charge is 2.07. The predicted octanol–water partition coefficient (Wildman–Crippen LogP) is 6.44. The Morgan fingerprint density at radius 2 is 1.57 bits per heavy atom. The largest absolute Gasteiger partial charge is 0.258 e. The van der Waals surface area contributed by atoms with Gasteiger partial charge in [-0.15, -0.1) is 0 Å². The minimum Gasteiger partial charge on any atom is -0.258 e. The lowest BCUT2D eigenvalue weighted by atomic mass is 9.97. The molecule has 0 N–H and O–H groups in total. The fraction of sp³-hybridized carbons (Fsp3) is 0.350. The molecule has 0 aliphatic rings. The van der Waals surface area contributed by atoms with Crippen LogP contribution in [0.2, 0.25) is 0 Å². The Balaban J connectivity index is 0.00000191. The molecule has 0 saturated heterocycles. The average molecular weight is 283 g/mol. The fourth-order valence-corrected chi connectivity index (χ4v) is 1.58. The fourth-order valence-electron chi connectivity index (χ4n) is 1.58. The zero-order valence-corrected chi connectivity index (χ0v) is 14.4. The molecule has 0 aliphatic carbocycles. The van der Waals surface area contributed by atoms with E-state index in [1.54, 1.807) is 0 Å². The van der Waals surface area contributed by atoms with E-state index in [9.17, 15) is 0 Å². The molecule has 0 amide bonds. The average Bonchev–Trinajstić information content (AvgIpc) is 2.48. The van der Waals surface area contributed by atoms with Crippen molar-refractivity contribution in [1.29, 1.82) is 0 Å². The second-order valence-corrected chi connectivity index (χ2v) is 5.07. The summed E-state index contributed by atoms with van der Waals surface area (Å²) >= 11 is 0. The van der Waals surface area contributed by atoms with Crippen molar-refractivity contribution in [2.75, 3.05) is 0 Å². The molecule has 0 spiro atoms. The first kappa shape index (κ1) is 19.1. The second-order valence-electron chi connectivity index (χ2n) is 5.07. The molecule has 1 unspecified atom stereocenters. The summed E-state index contributed by atoms with van der Waals surface area (Å²) in [6.45, 7) is 20.2. The van der Waals surface area contributed by atoms with Crippen LogP contribution in [0.15, 0.2) is 65.7 Å². The first-order chi connectivity index (χ1) is 9.90. The molecule has 0 aliphatic heterocycles. The molecule has 1 aromatic carbocycles. The number of rotatable bonds is 5. The molecule has 1 nitrogen and oxygen atoms in total. The summed E-state index contributed by atoms with van der Waals surface area (Å²) in [6, 6.07) is 8.23. The van der Waals surface area contributed by atoms with Crippen molar-refractivity contribution < 1.29 is 0 Å². The van der Waals surface area contributed by atoms with Crippen LogP contribution in [0.5, 0.6) is 0 Å². The van der Waals surface area contributed by atoms with Crippen molar-refractivity contribution >= 4 is 11.4 Å². The van der Waals surface area contributed by atoms with Crippen molar-refractivity contribution in [1.82, 2.24) is 0 Å². The van der Waals surface area contributed by atoms with Crippen LogP contribution in [-0.4, -0.2) is 5.71 Å². The molecule has 1 aromatic rings. The monoisotopic (exact) mass is 283 g/mol. The van der Waals surface area contributed by atoms with E-state index >= 15 is 0 Å². The SMILES string of the molecule is C=C(C)/C=C\C(=C)C(C)C(C)=Nc1ccc(C)cc1.CC. The minimum absolute atomic E-state index is 0.233. The third kappa shape index (κ3) is 7.45. The van der Waals surface area contributed by atoms with Crippen LogP contribution in [0, 0.1) is 12.8 Å². The molecular weight excluding hydrogens is 254 g/mol. The van der Waals surface area contributed by atoms with Gasteiger partial charge in [0.25, 0.3) is 0 Å². The number of allylic oxidation sites excluding steroid dienone is 4. The number of benzene rings is 1. The standard InChI is InChI=1S/C18H23N.C2H6/c1-13(2)7-10-15(4)16(5)17(6)19-18-11-8-14(3)9-12-18;1-2/h7-12,16H,1,4H2,2-3,5-6H3;1-2H3/b10-7-,19-17?;. The number of aryl methyl sites for hydroxylation is 1. The van der Waals surface area contributed by atoms with E-state index in [1.165, 1.54) is 5.56 Å². The molecule has 21 heavy (non-hydrogen) atoms.